The molecule has 2 saturated heterocycles. The van der Waals surface area contributed by atoms with Crippen molar-refractivity contribution >= 4 is 52.1 Å². The fraction of sp³-hybridized carbons (Fsp3) is 0.333. The first-order valence-corrected chi connectivity index (χ1v) is 19.4. The van der Waals surface area contributed by atoms with E-state index < -0.39 is 29.7 Å². The van der Waals surface area contributed by atoms with E-state index in [2.05, 4.69) is 20.6 Å². The molecule has 57 heavy (non-hydrogen) atoms. The molecule has 3 aliphatic heterocycles. The lowest BCUT2D eigenvalue weighted by Gasteiger charge is -2.33. The summed E-state index contributed by atoms with van der Waals surface area (Å²) in [6, 6.07) is 21.2. The zero-order chi connectivity index (χ0) is 39.5. The van der Waals surface area contributed by atoms with Crippen molar-refractivity contribution in [3.05, 3.63) is 90.3 Å². The van der Waals surface area contributed by atoms with Crippen molar-refractivity contribution in [2.75, 3.05) is 30.7 Å². The summed E-state index contributed by atoms with van der Waals surface area (Å²) < 4.78 is 7.88. The number of piperidine rings is 2. The Morgan fingerprint density at radius 3 is 2.47 bits per heavy atom. The van der Waals surface area contributed by atoms with E-state index in [1.165, 1.54) is 6.33 Å². The van der Waals surface area contributed by atoms with Crippen molar-refractivity contribution in [3.8, 4) is 22.8 Å². The van der Waals surface area contributed by atoms with Crippen molar-refractivity contribution < 1.29 is 28.7 Å². The van der Waals surface area contributed by atoms with Crippen molar-refractivity contribution in [2.45, 2.75) is 69.9 Å². The van der Waals surface area contributed by atoms with Gasteiger partial charge >= 0.3 is 0 Å². The van der Waals surface area contributed by atoms with Crippen LogP contribution in [-0.4, -0.2) is 84.8 Å². The molecule has 5 amide bonds. The SMILES string of the molecule is Nc1ncnc2c1c(-c1ccc(Oc3ccccc3)cc1)nn2[C@@H]1CCCN(C(=O)CCCCCCNc2cccc3c2C(=O)N(C2CCC(=O)NC2=O)C3=O)C1. The Balaban J connectivity index is 0.830. The maximum atomic E-state index is 13.4. The van der Waals surface area contributed by atoms with Crippen LogP contribution in [0.4, 0.5) is 11.5 Å². The van der Waals surface area contributed by atoms with Gasteiger partial charge < -0.3 is 20.7 Å². The fourth-order valence-corrected chi connectivity index (χ4v) is 7.94. The number of benzene rings is 3. The number of amides is 5. The molecule has 1 unspecified atom stereocenters. The van der Waals surface area contributed by atoms with Crippen LogP contribution < -0.4 is 21.1 Å². The molecule has 0 aliphatic carbocycles. The molecule has 15 nitrogen and oxygen atoms in total. The van der Waals surface area contributed by atoms with E-state index in [4.69, 9.17) is 15.6 Å². The quantitative estimate of drug-likeness (QED) is 0.101. The van der Waals surface area contributed by atoms with Crippen LogP contribution in [0, 0.1) is 0 Å². The van der Waals surface area contributed by atoms with Crippen LogP contribution in [0.1, 0.15) is 84.5 Å². The average molecular weight is 770 g/mol. The summed E-state index contributed by atoms with van der Waals surface area (Å²) in [6.07, 6.45) is 7.02. The van der Waals surface area contributed by atoms with Crippen LogP contribution in [0.5, 0.6) is 11.5 Å². The molecule has 3 aromatic carbocycles. The molecule has 2 fully saturated rings. The number of ether oxygens (including phenoxy) is 1. The van der Waals surface area contributed by atoms with E-state index >= 15 is 0 Å². The number of hydrogen-bond acceptors (Lipinski definition) is 11. The van der Waals surface area contributed by atoms with Crippen molar-refractivity contribution in [3.63, 3.8) is 0 Å². The van der Waals surface area contributed by atoms with Crippen molar-refractivity contribution in [1.82, 2.24) is 34.9 Å². The number of fused-ring (bicyclic) bond motifs is 2. The van der Waals surface area contributed by atoms with Crippen molar-refractivity contribution in [1.29, 1.82) is 0 Å². The second kappa shape index (κ2) is 16.2. The number of nitrogens with one attached hydrogen (secondary N) is 2. The Morgan fingerprint density at radius 1 is 0.877 bits per heavy atom. The topological polar surface area (TPSA) is 195 Å². The number of unbranched alkanes of at least 4 members (excludes halogenated alkanes) is 3. The minimum absolute atomic E-state index is 0.0672. The third-order valence-corrected chi connectivity index (χ3v) is 10.8. The third-order valence-electron chi connectivity index (χ3n) is 10.8. The summed E-state index contributed by atoms with van der Waals surface area (Å²) in [4.78, 5) is 75.7. The second-order valence-electron chi connectivity index (χ2n) is 14.6. The molecule has 292 valence electrons. The standard InChI is InChI=1S/C42H43N9O6/c43-38-36-37(26-16-18-29(19-17-26)57-28-11-4-3-5-12-28)48-51(39(36)46-25-45-38)27-10-9-23-49(24-27)34(53)15-6-1-2-7-22-44-31-14-8-13-30-35(31)42(56)50(41(30)55)32-20-21-33(52)47-40(32)54/h3-5,8,11-14,16-19,25,27,32,44H,1-2,6-7,9-10,15,20-24H2,(H2,43,45,46)(H,47,52,54)/t27-,32?/m1/s1. The number of carbonyl (C=O) groups is 5. The van der Waals surface area contributed by atoms with Gasteiger partial charge in [-0.3, -0.25) is 34.2 Å². The third kappa shape index (κ3) is 7.64. The number of nitrogens with zero attached hydrogens (tertiary/aromatic N) is 6. The Bertz CT molecular complexity index is 2350. The molecule has 0 saturated carbocycles. The highest BCUT2D eigenvalue weighted by molar-refractivity contribution is 6.25. The minimum Gasteiger partial charge on any atom is -0.457 e. The van der Waals surface area contributed by atoms with Gasteiger partial charge in [0.05, 0.1) is 22.6 Å². The Morgan fingerprint density at radius 2 is 1.67 bits per heavy atom. The number of likely N-dealkylation sites (tertiary alicyclic amines) is 1. The molecule has 0 radical (unpaired) electrons. The first-order valence-electron chi connectivity index (χ1n) is 19.4. The van der Waals surface area contributed by atoms with Gasteiger partial charge in [-0.2, -0.15) is 5.10 Å². The highest BCUT2D eigenvalue weighted by Gasteiger charge is 2.45. The molecule has 2 atom stereocenters. The Labute approximate surface area is 328 Å². The molecule has 2 aromatic heterocycles. The average Bonchev–Trinajstić information content (AvgIpc) is 3.74. The van der Waals surface area contributed by atoms with Crippen LogP contribution in [0.25, 0.3) is 22.3 Å². The van der Waals surface area contributed by atoms with Crippen LogP contribution in [0.15, 0.2) is 79.1 Å². The van der Waals surface area contributed by atoms with Gasteiger partial charge in [-0.1, -0.05) is 37.1 Å². The number of para-hydroxylation sites is 1. The molecule has 5 aromatic rings. The number of carbonyl (C=O) groups excluding carboxylic acids is 5. The van der Waals surface area contributed by atoms with Gasteiger partial charge in [0.1, 0.15) is 35.4 Å². The lowest BCUT2D eigenvalue weighted by atomic mass is 10.0. The van der Waals surface area contributed by atoms with Gasteiger partial charge in [-0.25, -0.2) is 14.6 Å². The maximum Gasteiger partial charge on any atom is 0.264 e. The lowest BCUT2D eigenvalue weighted by molar-refractivity contribution is -0.136. The highest BCUT2D eigenvalue weighted by atomic mass is 16.5. The number of hydrogen-bond donors (Lipinski definition) is 3. The first-order chi connectivity index (χ1) is 27.8. The molecule has 15 heteroatoms. The number of nitrogens with two attached hydrogens (primary N) is 1. The van der Waals surface area contributed by atoms with Crippen LogP contribution in [0.2, 0.25) is 0 Å². The van der Waals surface area contributed by atoms with Gasteiger partial charge in [0.2, 0.25) is 17.7 Å². The summed E-state index contributed by atoms with van der Waals surface area (Å²) in [5.41, 5.74) is 9.59. The molecule has 8 rings (SSSR count). The summed E-state index contributed by atoms with van der Waals surface area (Å²) in [5, 5.41) is 11.2. The zero-order valence-corrected chi connectivity index (χ0v) is 31.4. The van der Waals surface area contributed by atoms with Crippen LogP contribution in [-0.2, 0) is 14.4 Å². The Kier molecular flexibility index (Phi) is 10.6. The summed E-state index contributed by atoms with van der Waals surface area (Å²) in [6.45, 7) is 1.78. The predicted molar refractivity (Wildman–Crippen MR) is 211 cm³/mol. The largest absolute Gasteiger partial charge is 0.457 e. The summed E-state index contributed by atoms with van der Waals surface area (Å²) in [7, 11) is 0. The smallest absolute Gasteiger partial charge is 0.264 e. The van der Waals surface area contributed by atoms with Crippen LogP contribution >= 0.6 is 0 Å². The maximum absolute atomic E-state index is 13.4. The second-order valence-corrected chi connectivity index (χ2v) is 14.6. The van der Waals surface area contributed by atoms with E-state index in [1.807, 2.05) is 64.2 Å². The van der Waals surface area contributed by atoms with E-state index in [-0.39, 0.29) is 35.9 Å². The molecule has 5 heterocycles. The monoisotopic (exact) mass is 769 g/mol. The van der Waals surface area contributed by atoms with E-state index in [0.717, 1.165) is 54.7 Å². The Hall–Kier alpha value is -6.64. The minimum atomic E-state index is -1.01. The molecule has 3 aliphatic rings. The number of imide groups is 2. The number of aromatic nitrogens is 4. The number of anilines is 2. The summed E-state index contributed by atoms with van der Waals surface area (Å²) in [5.74, 6) is -0.214. The zero-order valence-electron chi connectivity index (χ0n) is 31.4. The van der Waals surface area contributed by atoms with Gasteiger partial charge in [0.25, 0.3) is 11.8 Å². The number of rotatable bonds is 13. The van der Waals surface area contributed by atoms with E-state index in [9.17, 15) is 24.0 Å². The predicted octanol–water partition coefficient (Wildman–Crippen LogP) is 5.50. The first kappa shape index (κ1) is 37.3. The molecule has 4 N–H and O–H groups in total. The number of nitrogen functional groups attached to an aromatic ring is 1. The molecule has 0 bridgehead atoms. The van der Waals surface area contributed by atoms with Gasteiger partial charge in [0, 0.05) is 43.7 Å². The molecule has 0 spiro atoms. The van der Waals surface area contributed by atoms with Gasteiger partial charge in [-0.05, 0) is 80.6 Å². The molecular weight excluding hydrogens is 727 g/mol. The normalized spacial score (nSPS) is 18.2. The van der Waals surface area contributed by atoms with E-state index in [0.29, 0.717) is 60.0 Å². The summed E-state index contributed by atoms with van der Waals surface area (Å²) >= 11 is 0. The van der Waals surface area contributed by atoms with Crippen LogP contribution in [0.3, 0.4) is 0 Å². The van der Waals surface area contributed by atoms with Gasteiger partial charge in [-0.15, -0.1) is 0 Å². The molecular formula is C42H43N9O6. The highest BCUT2D eigenvalue weighted by Crippen LogP contribution is 2.36. The van der Waals surface area contributed by atoms with E-state index in [1.54, 1.807) is 18.2 Å². The lowest BCUT2D eigenvalue weighted by Crippen LogP contribution is -2.54. The van der Waals surface area contributed by atoms with Gasteiger partial charge in [0.15, 0.2) is 5.65 Å². The fourth-order valence-electron chi connectivity index (χ4n) is 7.94. The van der Waals surface area contributed by atoms with Crippen molar-refractivity contribution in [2.24, 2.45) is 0 Å².